The molecule has 6 atom stereocenters. The number of hydrogen-bond donors (Lipinski definition) is 2. The van der Waals surface area contributed by atoms with Crippen molar-refractivity contribution in [3.05, 3.63) is 0 Å². The largest absolute Gasteiger partial charge is 0.433 e. The second-order valence-corrected chi connectivity index (χ2v) is 17.1. The number of nitrogens with zero attached hydrogens (tertiary/aromatic N) is 2. The minimum Gasteiger partial charge on any atom is -0.319 e. The monoisotopic (exact) mass is 705 g/mol. The molecule has 2 N–H and O–H groups in total. The van der Waals surface area contributed by atoms with E-state index in [9.17, 15) is 9.59 Å². The zero-order valence-corrected chi connectivity index (χ0v) is 34.6. The predicted molar refractivity (Wildman–Crippen MR) is 212 cm³/mol. The molecule has 1 rings (SSSR count). The van der Waals surface area contributed by atoms with Gasteiger partial charge in [-0.3, -0.25) is 9.68 Å². The molecule has 2 amide bonds. The van der Waals surface area contributed by atoms with Crippen LogP contribution in [0.5, 0.6) is 0 Å². The van der Waals surface area contributed by atoms with Crippen LogP contribution in [0.2, 0.25) is 0 Å². The normalized spacial score (nSPS) is 20.9. The summed E-state index contributed by atoms with van der Waals surface area (Å²) in [5, 5.41) is 15.1. The highest BCUT2D eigenvalue weighted by Crippen LogP contribution is 2.45. The van der Waals surface area contributed by atoms with Crippen molar-refractivity contribution >= 4 is 23.6 Å². The summed E-state index contributed by atoms with van der Waals surface area (Å²) in [6, 6.07) is -0.0887. The van der Waals surface area contributed by atoms with Gasteiger partial charge in [0.2, 0.25) is 0 Å². The van der Waals surface area contributed by atoms with Crippen LogP contribution in [0.4, 0.5) is 9.59 Å². The lowest BCUT2D eigenvalue weighted by Gasteiger charge is -2.46. The Bertz CT molecular complexity index is 976. The smallest absolute Gasteiger partial charge is 0.319 e. The maximum atomic E-state index is 13.1. The molecule has 292 valence electrons. The van der Waals surface area contributed by atoms with E-state index in [-0.39, 0.29) is 40.5 Å². The Morgan fingerprint density at radius 3 is 1.38 bits per heavy atom. The number of unbranched alkanes of at least 4 members (excludes halogenated alkanes) is 8. The molecule has 0 aliphatic heterocycles. The first-order valence-electron chi connectivity index (χ1n) is 20.8. The second-order valence-electron chi connectivity index (χ2n) is 17.1. The maximum absolute atomic E-state index is 13.1. The molecule has 0 bridgehead atoms. The van der Waals surface area contributed by atoms with Crippen molar-refractivity contribution in [1.82, 2.24) is 10.6 Å². The lowest BCUT2D eigenvalue weighted by Crippen LogP contribution is -2.50. The van der Waals surface area contributed by atoms with E-state index < -0.39 is 12.2 Å². The van der Waals surface area contributed by atoms with Crippen LogP contribution in [0.1, 0.15) is 198 Å². The third-order valence-corrected chi connectivity index (χ3v) is 10.9. The number of hydrogen-bond acceptors (Lipinski definition) is 6. The van der Waals surface area contributed by atoms with Gasteiger partial charge in [-0.2, -0.15) is 0 Å². The highest BCUT2D eigenvalue weighted by Gasteiger charge is 2.42. The fraction of sp³-hybridized carbons (Fsp3) is 0.905. The van der Waals surface area contributed by atoms with Crippen LogP contribution in [0.25, 0.3) is 0 Å². The Hall–Kier alpha value is -2.12. The standard InChI is InChI=1S/C42H80N4O4/c1-12-16-20-24-32(5)37(33(6)25-21-17-13-2)45-49-39(47)43-31-42(11)29-36(28-41(9,10)30-42)44-40(48)50-46-38(34(7)26-22-18-14-3)35(8)27-23-19-15-4/h32-36H,12-31H2,1-11H3,(H,43,47)(H,44,48). The topological polar surface area (TPSA) is 101 Å². The summed E-state index contributed by atoms with van der Waals surface area (Å²) >= 11 is 0. The van der Waals surface area contributed by atoms with E-state index in [4.69, 9.17) is 9.68 Å². The Balaban J connectivity index is 2.91. The predicted octanol–water partition coefficient (Wildman–Crippen LogP) is 12.6. The van der Waals surface area contributed by atoms with Crippen molar-refractivity contribution in [2.24, 2.45) is 44.8 Å². The minimum absolute atomic E-state index is 0.0281. The maximum Gasteiger partial charge on any atom is 0.433 e. The summed E-state index contributed by atoms with van der Waals surface area (Å²) in [6.45, 7) is 24.8. The van der Waals surface area contributed by atoms with E-state index in [2.05, 4.69) is 97.1 Å². The van der Waals surface area contributed by atoms with Gasteiger partial charge < -0.3 is 10.6 Å². The zero-order valence-electron chi connectivity index (χ0n) is 34.6. The first kappa shape index (κ1) is 45.9. The van der Waals surface area contributed by atoms with Crippen LogP contribution in [-0.4, -0.2) is 36.2 Å². The van der Waals surface area contributed by atoms with Gasteiger partial charge in [-0.25, -0.2) is 9.59 Å². The number of amides is 2. The van der Waals surface area contributed by atoms with Gasteiger partial charge in [-0.15, -0.1) is 0 Å². The van der Waals surface area contributed by atoms with Crippen molar-refractivity contribution in [1.29, 1.82) is 0 Å². The van der Waals surface area contributed by atoms with E-state index in [1.807, 2.05) is 0 Å². The number of carbonyl (C=O) groups excluding carboxylic acids is 2. The van der Waals surface area contributed by atoms with Gasteiger partial charge in [0.05, 0.1) is 11.4 Å². The van der Waals surface area contributed by atoms with Crippen molar-refractivity contribution in [2.45, 2.75) is 204 Å². The molecule has 6 unspecified atom stereocenters. The Labute approximate surface area is 308 Å². The summed E-state index contributed by atoms with van der Waals surface area (Å²) in [5.74, 6) is 1.12. The van der Waals surface area contributed by atoms with E-state index in [0.29, 0.717) is 6.54 Å². The van der Waals surface area contributed by atoms with Gasteiger partial charge in [0.1, 0.15) is 0 Å². The zero-order chi connectivity index (χ0) is 37.6. The SMILES string of the molecule is CCCCCC(C)C(=NOC(=O)NCC1(C)CC(NC(=O)ON=C(C(C)CCCCC)C(C)CCCCC)CC(C)(C)C1)C(C)CCCCC. The molecule has 0 aromatic heterocycles. The highest BCUT2D eigenvalue weighted by atomic mass is 16.7. The van der Waals surface area contributed by atoms with Crippen LogP contribution in [0.15, 0.2) is 10.3 Å². The van der Waals surface area contributed by atoms with Crippen LogP contribution in [0.3, 0.4) is 0 Å². The molecule has 1 saturated carbocycles. The summed E-state index contributed by atoms with van der Waals surface area (Å²) in [6.07, 6.45) is 19.9. The summed E-state index contributed by atoms with van der Waals surface area (Å²) in [5.41, 5.74) is 1.74. The van der Waals surface area contributed by atoms with Gasteiger partial charge in [-0.1, -0.05) is 164 Å². The molecule has 0 aromatic carbocycles. The fourth-order valence-electron chi connectivity index (χ4n) is 8.29. The molecule has 1 aliphatic rings. The summed E-state index contributed by atoms with van der Waals surface area (Å²) in [7, 11) is 0. The third kappa shape index (κ3) is 18.9. The van der Waals surface area contributed by atoms with Gasteiger partial charge in [0.25, 0.3) is 0 Å². The number of nitrogens with one attached hydrogen (secondary N) is 2. The van der Waals surface area contributed by atoms with Crippen molar-refractivity contribution in [3.63, 3.8) is 0 Å². The van der Waals surface area contributed by atoms with E-state index >= 15 is 0 Å². The Kier molecular flexibility index (Phi) is 22.9. The van der Waals surface area contributed by atoms with Crippen LogP contribution < -0.4 is 10.6 Å². The molecule has 0 spiro atoms. The molecule has 0 heterocycles. The molecule has 8 heteroatoms. The quantitative estimate of drug-likeness (QED) is 0.0427. The molecule has 0 saturated heterocycles. The molecule has 0 aromatic rings. The number of carbonyl (C=O) groups is 2. The van der Waals surface area contributed by atoms with Crippen LogP contribution >= 0.6 is 0 Å². The van der Waals surface area contributed by atoms with E-state index in [1.165, 1.54) is 51.4 Å². The minimum atomic E-state index is -0.513. The average molecular weight is 705 g/mol. The molecular formula is C42H80N4O4. The van der Waals surface area contributed by atoms with Crippen molar-refractivity contribution < 1.29 is 19.3 Å². The van der Waals surface area contributed by atoms with Gasteiger partial charge >= 0.3 is 12.2 Å². The Morgan fingerprint density at radius 2 is 1.00 bits per heavy atom. The molecule has 1 fully saturated rings. The fourth-order valence-corrected chi connectivity index (χ4v) is 8.29. The number of oxime groups is 2. The first-order valence-corrected chi connectivity index (χ1v) is 20.8. The van der Waals surface area contributed by atoms with Crippen LogP contribution in [-0.2, 0) is 9.68 Å². The molecule has 8 nitrogen and oxygen atoms in total. The highest BCUT2D eigenvalue weighted by molar-refractivity contribution is 5.89. The molecule has 1 aliphatic carbocycles. The van der Waals surface area contributed by atoms with E-state index in [0.717, 1.165) is 82.1 Å². The van der Waals surface area contributed by atoms with Gasteiger partial charge in [-0.05, 0) is 79.4 Å². The summed E-state index contributed by atoms with van der Waals surface area (Å²) in [4.78, 5) is 37.3. The van der Waals surface area contributed by atoms with E-state index in [1.54, 1.807) is 0 Å². The molecule has 0 radical (unpaired) electrons. The van der Waals surface area contributed by atoms with Crippen molar-refractivity contribution in [2.75, 3.05) is 6.54 Å². The van der Waals surface area contributed by atoms with Crippen molar-refractivity contribution in [3.8, 4) is 0 Å². The average Bonchev–Trinajstić information content (AvgIpc) is 3.03. The van der Waals surface area contributed by atoms with Gasteiger partial charge in [0.15, 0.2) is 0 Å². The molecular weight excluding hydrogens is 624 g/mol. The van der Waals surface area contributed by atoms with Crippen LogP contribution in [0, 0.1) is 34.5 Å². The second kappa shape index (κ2) is 25.0. The Morgan fingerprint density at radius 1 is 0.620 bits per heavy atom. The third-order valence-electron chi connectivity index (χ3n) is 10.9. The molecule has 50 heavy (non-hydrogen) atoms. The van der Waals surface area contributed by atoms with Gasteiger partial charge in [0, 0.05) is 12.6 Å². The first-order chi connectivity index (χ1) is 23.7. The lowest BCUT2D eigenvalue weighted by atomic mass is 9.62. The number of rotatable bonds is 25. The lowest BCUT2D eigenvalue weighted by molar-refractivity contribution is 0.0627. The summed E-state index contributed by atoms with van der Waals surface area (Å²) < 4.78 is 0.